The molecule has 1 amide bonds. The summed E-state index contributed by atoms with van der Waals surface area (Å²) in [5, 5.41) is 11.2. The van der Waals surface area contributed by atoms with Crippen LogP contribution in [0, 0.1) is 11.6 Å². The van der Waals surface area contributed by atoms with Gasteiger partial charge in [-0.25, -0.2) is 8.78 Å². The second-order valence-corrected chi connectivity index (χ2v) is 7.12. The lowest BCUT2D eigenvalue weighted by Gasteiger charge is -2.25. The van der Waals surface area contributed by atoms with Crippen LogP contribution in [0.15, 0.2) is 78.4 Å². The van der Waals surface area contributed by atoms with Crippen LogP contribution in [0.3, 0.4) is 0 Å². The quantitative estimate of drug-likeness (QED) is 0.354. The summed E-state index contributed by atoms with van der Waals surface area (Å²) in [5.74, 6) is -4.18. The molecule has 1 aliphatic rings. The van der Waals surface area contributed by atoms with Crippen LogP contribution in [0.25, 0.3) is 5.76 Å². The van der Waals surface area contributed by atoms with Gasteiger partial charge in [0.2, 0.25) is 0 Å². The third-order valence-corrected chi connectivity index (χ3v) is 5.06. The highest BCUT2D eigenvalue weighted by atomic mass is 35.5. The van der Waals surface area contributed by atoms with Crippen LogP contribution >= 0.6 is 11.6 Å². The average Bonchev–Trinajstić information content (AvgIpc) is 3.00. The van der Waals surface area contributed by atoms with Gasteiger partial charge in [0, 0.05) is 16.7 Å². The number of anilines is 1. The molecule has 4 rings (SSSR count). The molecule has 1 saturated heterocycles. The zero-order valence-corrected chi connectivity index (χ0v) is 16.1. The molecule has 3 aromatic carbocycles. The maximum absolute atomic E-state index is 14.5. The third kappa shape index (κ3) is 3.35. The molecule has 0 radical (unpaired) electrons. The average molecular weight is 426 g/mol. The van der Waals surface area contributed by atoms with E-state index in [9.17, 15) is 23.5 Å². The highest BCUT2D eigenvalue weighted by Gasteiger charge is 2.47. The first-order valence-corrected chi connectivity index (χ1v) is 9.33. The molecule has 1 aliphatic heterocycles. The Bertz CT molecular complexity index is 1190. The lowest BCUT2D eigenvalue weighted by molar-refractivity contribution is -0.132. The van der Waals surface area contributed by atoms with Crippen molar-refractivity contribution >= 4 is 34.7 Å². The second kappa shape index (κ2) is 7.72. The number of carbonyl (C=O) groups is 2. The van der Waals surface area contributed by atoms with Crippen molar-refractivity contribution in [2.24, 2.45) is 0 Å². The number of hydrogen-bond acceptors (Lipinski definition) is 3. The lowest BCUT2D eigenvalue weighted by atomic mass is 9.95. The van der Waals surface area contributed by atoms with Crippen LogP contribution < -0.4 is 4.90 Å². The fraction of sp³-hybridized carbons (Fsp3) is 0.0435. The molecule has 0 aromatic heterocycles. The summed E-state index contributed by atoms with van der Waals surface area (Å²) in [6, 6.07) is 16.0. The minimum absolute atomic E-state index is 0.223. The fourth-order valence-corrected chi connectivity index (χ4v) is 3.68. The molecule has 0 saturated carbocycles. The van der Waals surface area contributed by atoms with E-state index in [4.69, 9.17) is 11.6 Å². The molecule has 1 unspecified atom stereocenters. The Balaban J connectivity index is 1.99. The number of nitrogens with zero attached hydrogens (tertiary/aromatic N) is 1. The first-order valence-electron chi connectivity index (χ1n) is 8.95. The van der Waals surface area contributed by atoms with E-state index in [1.165, 1.54) is 12.1 Å². The minimum atomic E-state index is -1.15. The van der Waals surface area contributed by atoms with E-state index >= 15 is 0 Å². The molecule has 1 heterocycles. The summed E-state index contributed by atoms with van der Waals surface area (Å²) < 4.78 is 28.4. The monoisotopic (exact) mass is 425 g/mol. The van der Waals surface area contributed by atoms with Crippen LogP contribution in [0.5, 0.6) is 0 Å². The molecule has 0 aliphatic carbocycles. The Morgan fingerprint density at radius 2 is 1.67 bits per heavy atom. The summed E-state index contributed by atoms with van der Waals surface area (Å²) in [6.45, 7) is 0. The Labute approximate surface area is 175 Å². The lowest BCUT2D eigenvalue weighted by Crippen LogP contribution is -2.30. The van der Waals surface area contributed by atoms with Crippen LogP contribution in [0.4, 0.5) is 14.5 Å². The third-order valence-electron chi connectivity index (χ3n) is 4.83. The van der Waals surface area contributed by atoms with Gasteiger partial charge in [-0.15, -0.1) is 0 Å². The smallest absolute Gasteiger partial charge is 0.300 e. The number of hydrogen-bond donors (Lipinski definition) is 1. The molecule has 1 atom stereocenters. The minimum Gasteiger partial charge on any atom is -0.507 e. The van der Waals surface area contributed by atoms with Gasteiger partial charge in [0.25, 0.3) is 11.7 Å². The number of aliphatic hydroxyl groups is 1. The van der Waals surface area contributed by atoms with Crippen molar-refractivity contribution in [3.63, 3.8) is 0 Å². The Hall–Kier alpha value is -3.51. The van der Waals surface area contributed by atoms with Crippen LogP contribution in [0.1, 0.15) is 17.2 Å². The summed E-state index contributed by atoms with van der Waals surface area (Å²) in [5.41, 5.74) is 0.0401. The summed E-state index contributed by atoms with van der Waals surface area (Å²) >= 11 is 5.99. The van der Waals surface area contributed by atoms with Gasteiger partial charge in [-0.3, -0.25) is 14.5 Å². The predicted octanol–water partition coefficient (Wildman–Crippen LogP) is 5.24. The van der Waals surface area contributed by atoms with Crippen LogP contribution in [-0.2, 0) is 9.59 Å². The van der Waals surface area contributed by atoms with Crippen molar-refractivity contribution in [3.8, 4) is 0 Å². The number of rotatable bonds is 3. The molecule has 7 heteroatoms. The van der Waals surface area contributed by atoms with E-state index in [0.717, 1.165) is 23.1 Å². The van der Waals surface area contributed by atoms with Crippen molar-refractivity contribution < 1.29 is 23.5 Å². The highest BCUT2D eigenvalue weighted by molar-refractivity contribution is 6.51. The van der Waals surface area contributed by atoms with Crippen LogP contribution in [0.2, 0.25) is 5.02 Å². The van der Waals surface area contributed by atoms with Gasteiger partial charge in [-0.2, -0.15) is 0 Å². The molecule has 3 aromatic rings. The maximum Gasteiger partial charge on any atom is 0.300 e. The first kappa shape index (κ1) is 19.8. The normalized spacial score (nSPS) is 18.1. The molecule has 0 bridgehead atoms. The van der Waals surface area contributed by atoms with E-state index in [1.54, 1.807) is 42.5 Å². The van der Waals surface area contributed by atoms with Gasteiger partial charge in [0.15, 0.2) is 0 Å². The first-order chi connectivity index (χ1) is 14.4. The highest BCUT2D eigenvalue weighted by Crippen LogP contribution is 2.43. The van der Waals surface area contributed by atoms with Gasteiger partial charge in [0.05, 0.1) is 17.3 Å². The molecule has 1 fully saturated rings. The number of amides is 1. The van der Waals surface area contributed by atoms with Crippen LogP contribution in [-0.4, -0.2) is 16.8 Å². The molecule has 1 N–H and O–H groups in total. The standard InChI is InChI=1S/C23H14ClF2NO3/c24-15-8-4-7-14(11-15)21(28)19-20(13-5-2-1-3-6-13)27(23(30)22(19)29)18-12-16(25)9-10-17(18)26/h1-12,20,28H/b21-19+. The van der Waals surface area contributed by atoms with E-state index in [-0.39, 0.29) is 11.1 Å². The fourth-order valence-electron chi connectivity index (χ4n) is 3.49. The number of halogens is 3. The van der Waals surface area contributed by atoms with E-state index in [2.05, 4.69) is 0 Å². The van der Waals surface area contributed by atoms with Crippen molar-refractivity contribution in [2.75, 3.05) is 4.90 Å². The van der Waals surface area contributed by atoms with Crippen molar-refractivity contribution in [3.05, 3.63) is 106 Å². The topological polar surface area (TPSA) is 57.6 Å². The van der Waals surface area contributed by atoms with Crippen molar-refractivity contribution in [1.29, 1.82) is 0 Å². The second-order valence-electron chi connectivity index (χ2n) is 6.69. The molecule has 0 spiro atoms. The van der Waals surface area contributed by atoms with E-state index in [1.807, 2.05) is 0 Å². The van der Waals surface area contributed by atoms with Gasteiger partial charge < -0.3 is 5.11 Å². The number of benzene rings is 3. The zero-order valence-electron chi connectivity index (χ0n) is 15.4. The van der Waals surface area contributed by atoms with Gasteiger partial charge in [0.1, 0.15) is 17.4 Å². The maximum atomic E-state index is 14.5. The van der Waals surface area contributed by atoms with E-state index < -0.39 is 40.8 Å². The van der Waals surface area contributed by atoms with Crippen molar-refractivity contribution in [2.45, 2.75) is 6.04 Å². The molecule has 4 nitrogen and oxygen atoms in total. The molecule has 30 heavy (non-hydrogen) atoms. The SMILES string of the molecule is O=C1C(=O)N(c2cc(F)ccc2F)C(c2ccccc2)/C1=C(\O)c1cccc(Cl)c1. The summed E-state index contributed by atoms with van der Waals surface area (Å²) in [7, 11) is 0. The molecule has 150 valence electrons. The number of ketones is 1. The Kier molecular flexibility index (Phi) is 5.10. The Morgan fingerprint density at radius 1 is 0.933 bits per heavy atom. The number of carbonyl (C=O) groups excluding carboxylic acids is 2. The van der Waals surface area contributed by atoms with E-state index in [0.29, 0.717) is 10.6 Å². The number of Topliss-reactive ketones (excluding diaryl/α,β-unsaturated/α-hetero) is 1. The zero-order chi connectivity index (χ0) is 21.4. The number of aliphatic hydroxyl groups excluding tert-OH is 1. The largest absolute Gasteiger partial charge is 0.507 e. The Morgan fingerprint density at radius 3 is 2.37 bits per heavy atom. The van der Waals surface area contributed by atoms with Gasteiger partial charge in [-0.1, -0.05) is 54.1 Å². The van der Waals surface area contributed by atoms with Gasteiger partial charge >= 0.3 is 0 Å². The van der Waals surface area contributed by atoms with Gasteiger partial charge in [-0.05, 0) is 29.8 Å². The van der Waals surface area contributed by atoms with Crippen molar-refractivity contribution in [1.82, 2.24) is 0 Å². The molecular weight excluding hydrogens is 412 g/mol. The predicted molar refractivity (Wildman–Crippen MR) is 109 cm³/mol. The summed E-state index contributed by atoms with van der Waals surface area (Å²) in [6.07, 6.45) is 0. The summed E-state index contributed by atoms with van der Waals surface area (Å²) in [4.78, 5) is 26.7. The molecular formula is C23H14ClF2NO3.